The van der Waals surface area contributed by atoms with Crippen molar-refractivity contribution in [2.24, 2.45) is 5.41 Å². The summed E-state index contributed by atoms with van der Waals surface area (Å²) in [4.78, 5) is 0. The molecule has 0 heterocycles. The third-order valence-electron chi connectivity index (χ3n) is 8.15. The lowest BCUT2D eigenvalue weighted by molar-refractivity contribution is 0.364. The maximum absolute atomic E-state index is 2.70. The first-order chi connectivity index (χ1) is 20.5. The average molecular weight is 599 g/mol. The van der Waals surface area contributed by atoms with Gasteiger partial charge in [0.25, 0.3) is 0 Å². The largest absolute Gasteiger partial charge is 0.106 e. The highest BCUT2D eigenvalue weighted by atomic mass is 31.0. The minimum absolute atomic E-state index is 0.261. The summed E-state index contributed by atoms with van der Waals surface area (Å²) in [5.41, 5.74) is 11.5. The topological polar surface area (TPSA) is 0 Å². The number of hydrogen-bond acceptors (Lipinski definition) is 0. The molecule has 0 spiro atoms. The Hall–Kier alpha value is -3.30. The molecule has 0 radical (unpaired) electrons. The van der Waals surface area contributed by atoms with Crippen LogP contribution in [0.1, 0.15) is 47.2 Å². The van der Waals surface area contributed by atoms with Crippen LogP contribution in [0.15, 0.2) is 109 Å². The van der Waals surface area contributed by atoms with Crippen molar-refractivity contribution in [3.63, 3.8) is 0 Å². The van der Waals surface area contributed by atoms with Crippen molar-refractivity contribution in [3.05, 3.63) is 143 Å². The van der Waals surface area contributed by atoms with Gasteiger partial charge in [-0.3, -0.25) is 0 Å². The van der Waals surface area contributed by atoms with E-state index in [0.29, 0.717) is 0 Å². The van der Waals surface area contributed by atoms with E-state index in [0.717, 1.165) is 12.8 Å². The van der Waals surface area contributed by atoms with Gasteiger partial charge >= 0.3 is 0 Å². The average Bonchev–Trinajstić information content (AvgIpc) is 3.05. The van der Waals surface area contributed by atoms with Crippen LogP contribution in [0.25, 0.3) is 32.7 Å². The summed E-state index contributed by atoms with van der Waals surface area (Å²) in [5, 5.41) is 8.00. The maximum atomic E-state index is 2.70. The molecular weight excluding hydrogens is 554 g/mol. The van der Waals surface area contributed by atoms with Gasteiger partial charge in [-0.05, 0) is 100 Å². The Bertz CT molecular complexity index is 1750. The molecule has 0 saturated carbocycles. The fourth-order valence-corrected chi connectivity index (χ4v) is 7.18. The molecule has 6 aromatic rings. The predicted molar refractivity (Wildman–Crippen MR) is 199 cm³/mol. The summed E-state index contributed by atoms with van der Waals surface area (Å²) in [6.45, 7) is 13.4. The smallest absolute Gasteiger partial charge is 0.00641 e. The monoisotopic (exact) mass is 598 g/mol. The van der Waals surface area contributed by atoms with E-state index >= 15 is 0 Å². The van der Waals surface area contributed by atoms with Crippen LogP contribution >= 0.6 is 18.5 Å². The molecule has 6 aromatic carbocycles. The van der Waals surface area contributed by atoms with Crippen LogP contribution in [0.2, 0.25) is 0 Å². The van der Waals surface area contributed by atoms with Gasteiger partial charge in [-0.1, -0.05) is 145 Å². The SMILES string of the molecule is Cc1cc(C)cc(P)c1.Cc1ccc2c3c(ccc2c1)CC(C)(C)Cc1ccc2cc(C)ccc2c1-3.Pc1ccccc1. The van der Waals surface area contributed by atoms with E-state index in [1.54, 1.807) is 0 Å². The highest BCUT2D eigenvalue weighted by molar-refractivity contribution is 7.27. The van der Waals surface area contributed by atoms with Crippen molar-refractivity contribution in [2.75, 3.05) is 0 Å². The molecule has 7 rings (SSSR count). The van der Waals surface area contributed by atoms with Gasteiger partial charge in [-0.2, -0.15) is 0 Å². The van der Waals surface area contributed by atoms with Gasteiger partial charge in [-0.15, -0.1) is 18.5 Å². The van der Waals surface area contributed by atoms with Crippen molar-refractivity contribution in [2.45, 2.75) is 54.4 Å². The molecule has 0 bridgehead atoms. The van der Waals surface area contributed by atoms with Gasteiger partial charge in [0.1, 0.15) is 0 Å². The lowest BCUT2D eigenvalue weighted by Gasteiger charge is -2.23. The zero-order valence-corrected chi connectivity index (χ0v) is 28.8. The Morgan fingerprint density at radius 3 is 1.33 bits per heavy atom. The van der Waals surface area contributed by atoms with Crippen molar-refractivity contribution >= 4 is 50.6 Å². The van der Waals surface area contributed by atoms with Crippen LogP contribution in [0.4, 0.5) is 0 Å². The van der Waals surface area contributed by atoms with Crippen LogP contribution in [0.5, 0.6) is 0 Å². The number of aryl methyl sites for hydroxylation is 4. The normalized spacial score (nSPS) is 13.1. The standard InChI is InChI=1S/C27H26.C8H11P.C6H7P/c1-17-5-11-23-19(13-17)7-9-21-15-27(3,4)16-22-10-8-20-14-18(2)6-12-24(20)26(22)25(21)23;1-6-3-7(2)5-8(9)4-6;7-6-4-2-1-3-5-6/h5-14H,15-16H2,1-4H3;3-5H,9H2,1-2H3;1-5H,7H2. The minimum atomic E-state index is 0.261. The molecule has 0 nitrogen and oxygen atoms in total. The van der Waals surface area contributed by atoms with E-state index in [4.69, 9.17) is 0 Å². The number of benzene rings is 6. The first-order valence-corrected chi connectivity index (χ1v) is 16.3. The molecule has 0 amide bonds. The zero-order valence-electron chi connectivity index (χ0n) is 26.5. The molecule has 0 saturated heterocycles. The van der Waals surface area contributed by atoms with Crippen molar-refractivity contribution in [1.29, 1.82) is 0 Å². The first kappa shape index (κ1) is 31.1. The molecule has 43 heavy (non-hydrogen) atoms. The van der Waals surface area contributed by atoms with E-state index < -0.39 is 0 Å². The summed E-state index contributed by atoms with van der Waals surface area (Å²) in [7, 11) is 5.33. The van der Waals surface area contributed by atoms with Crippen molar-refractivity contribution < 1.29 is 0 Å². The van der Waals surface area contributed by atoms with Gasteiger partial charge in [0.2, 0.25) is 0 Å². The second-order valence-electron chi connectivity index (χ2n) is 13.0. The summed E-state index contributed by atoms with van der Waals surface area (Å²) in [5.74, 6) is 0. The predicted octanol–water partition coefficient (Wildman–Crippen LogP) is 10.4. The fourth-order valence-electron chi connectivity index (χ4n) is 6.43. The highest BCUT2D eigenvalue weighted by Gasteiger charge is 2.29. The molecule has 0 aromatic heterocycles. The van der Waals surface area contributed by atoms with Crippen molar-refractivity contribution in [3.8, 4) is 11.1 Å². The second-order valence-corrected chi connectivity index (χ2v) is 14.3. The molecule has 2 heteroatoms. The Kier molecular flexibility index (Phi) is 9.51. The molecule has 0 fully saturated rings. The van der Waals surface area contributed by atoms with Crippen LogP contribution in [-0.2, 0) is 12.8 Å². The molecule has 1 aliphatic rings. The summed E-state index contributed by atoms with van der Waals surface area (Å²) < 4.78 is 0. The third kappa shape index (κ3) is 7.62. The van der Waals surface area contributed by atoms with E-state index in [1.807, 2.05) is 30.3 Å². The Labute approximate surface area is 263 Å². The quantitative estimate of drug-likeness (QED) is 0.153. The van der Waals surface area contributed by atoms with E-state index in [-0.39, 0.29) is 5.41 Å². The fraction of sp³-hybridized carbons (Fsp3) is 0.220. The number of hydrogen-bond donors (Lipinski definition) is 0. The molecule has 0 aliphatic heterocycles. The lowest BCUT2D eigenvalue weighted by Crippen LogP contribution is -2.16. The minimum Gasteiger partial charge on any atom is -0.106 e. The van der Waals surface area contributed by atoms with Gasteiger partial charge in [0, 0.05) is 0 Å². The summed E-state index contributed by atoms with van der Waals surface area (Å²) in [6.07, 6.45) is 2.24. The number of rotatable bonds is 0. The Balaban J connectivity index is 0.000000188. The van der Waals surface area contributed by atoms with Gasteiger partial charge < -0.3 is 0 Å². The molecule has 218 valence electrons. The van der Waals surface area contributed by atoms with E-state index in [1.165, 1.54) is 76.7 Å². The highest BCUT2D eigenvalue weighted by Crippen LogP contribution is 2.46. The second kappa shape index (κ2) is 13.1. The molecule has 2 unspecified atom stereocenters. The van der Waals surface area contributed by atoms with Gasteiger partial charge in [0.05, 0.1) is 0 Å². The van der Waals surface area contributed by atoms with Gasteiger partial charge in [0.15, 0.2) is 0 Å². The first-order valence-electron chi connectivity index (χ1n) is 15.2. The summed E-state index contributed by atoms with van der Waals surface area (Å²) in [6, 6.07) is 39.8. The third-order valence-corrected chi connectivity index (χ3v) is 8.87. The Morgan fingerprint density at radius 1 is 0.465 bits per heavy atom. The van der Waals surface area contributed by atoms with Crippen LogP contribution in [0, 0.1) is 33.1 Å². The maximum Gasteiger partial charge on any atom is -0.00641 e. The van der Waals surface area contributed by atoms with E-state index in [9.17, 15) is 0 Å². The Morgan fingerprint density at radius 2 is 0.930 bits per heavy atom. The van der Waals surface area contributed by atoms with Crippen molar-refractivity contribution in [1.82, 2.24) is 0 Å². The molecule has 0 N–H and O–H groups in total. The van der Waals surface area contributed by atoms with Crippen LogP contribution in [-0.4, -0.2) is 0 Å². The molecule has 2 atom stereocenters. The van der Waals surface area contributed by atoms with Gasteiger partial charge in [-0.25, -0.2) is 0 Å². The zero-order chi connectivity index (χ0) is 30.7. The molecular formula is C41H44P2. The lowest BCUT2D eigenvalue weighted by atomic mass is 9.81. The summed E-state index contributed by atoms with van der Waals surface area (Å²) >= 11 is 0. The molecule has 1 aliphatic carbocycles. The van der Waals surface area contributed by atoms with Crippen LogP contribution in [0.3, 0.4) is 0 Å². The number of fused-ring (bicyclic) bond motifs is 7. The van der Waals surface area contributed by atoms with E-state index in [2.05, 4.69) is 139 Å². The van der Waals surface area contributed by atoms with Crippen LogP contribution < -0.4 is 10.6 Å².